The van der Waals surface area contributed by atoms with Gasteiger partial charge in [0.05, 0.1) is 18.1 Å². The molecule has 1 aromatic carbocycles. The van der Waals surface area contributed by atoms with Crippen molar-refractivity contribution in [2.45, 2.75) is 6.92 Å². The second kappa shape index (κ2) is 3.75. The first-order chi connectivity index (χ1) is 6.60. The lowest BCUT2D eigenvalue weighted by Gasteiger charge is -2.03. The van der Waals surface area contributed by atoms with E-state index < -0.39 is 4.92 Å². The monoisotopic (exact) mass is 192 g/mol. The van der Waals surface area contributed by atoms with Gasteiger partial charge in [-0.15, -0.1) is 0 Å². The van der Waals surface area contributed by atoms with Crippen LogP contribution in [0.2, 0.25) is 0 Å². The fourth-order valence-electron chi connectivity index (χ4n) is 1.14. The highest BCUT2D eigenvalue weighted by Gasteiger charge is 2.17. The number of aryl methyl sites for hydroxylation is 1. The van der Waals surface area contributed by atoms with Gasteiger partial charge in [0.2, 0.25) is 0 Å². The number of hydrogen-bond donors (Lipinski definition) is 0. The molecule has 0 unspecified atom stereocenters. The van der Waals surface area contributed by atoms with E-state index in [1.807, 2.05) is 0 Å². The van der Waals surface area contributed by atoms with Gasteiger partial charge in [-0.25, -0.2) is 0 Å². The Morgan fingerprint density at radius 2 is 2.21 bits per heavy atom. The summed E-state index contributed by atoms with van der Waals surface area (Å²) in [5.74, 6) is 0.383. The van der Waals surface area contributed by atoms with Crippen molar-refractivity contribution in [2.75, 3.05) is 7.11 Å². The third kappa shape index (κ3) is 1.64. The van der Waals surface area contributed by atoms with E-state index in [1.165, 1.54) is 13.2 Å². The average Bonchev–Trinajstić information content (AvgIpc) is 2.16. The zero-order chi connectivity index (χ0) is 10.7. The summed E-state index contributed by atoms with van der Waals surface area (Å²) in [6, 6.07) is 4.63. The van der Waals surface area contributed by atoms with Crippen LogP contribution in [0, 0.1) is 28.4 Å². The molecular formula is C9H8N2O3. The fourth-order valence-corrected chi connectivity index (χ4v) is 1.14. The number of nitriles is 1. The first kappa shape index (κ1) is 9.99. The molecule has 0 aromatic heterocycles. The normalized spacial score (nSPS) is 9.21. The van der Waals surface area contributed by atoms with Crippen LogP contribution in [0.4, 0.5) is 5.69 Å². The van der Waals surface area contributed by atoms with Crippen LogP contribution < -0.4 is 4.74 Å². The quantitative estimate of drug-likeness (QED) is 0.528. The van der Waals surface area contributed by atoms with E-state index in [1.54, 1.807) is 19.1 Å². The number of nitro groups is 1. The molecule has 0 fully saturated rings. The first-order valence-corrected chi connectivity index (χ1v) is 3.83. The molecule has 0 atom stereocenters. The molecule has 5 heteroatoms. The summed E-state index contributed by atoms with van der Waals surface area (Å²) >= 11 is 0. The number of nitrogens with zero attached hydrogens (tertiary/aromatic N) is 2. The summed E-state index contributed by atoms with van der Waals surface area (Å²) in [5, 5.41) is 19.3. The number of nitro benzene ring substituents is 1. The maximum Gasteiger partial charge on any atom is 0.291 e. The van der Waals surface area contributed by atoms with Crippen molar-refractivity contribution in [1.82, 2.24) is 0 Å². The van der Waals surface area contributed by atoms with Crippen LogP contribution in [0.15, 0.2) is 12.1 Å². The third-order valence-electron chi connectivity index (χ3n) is 1.83. The number of benzene rings is 1. The first-order valence-electron chi connectivity index (χ1n) is 3.83. The summed E-state index contributed by atoms with van der Waals surface area (Å²) in [5.41, 5.74) is 0.402. The standard InChI is InChI=1S/C9H8N2O3/c1-6-3-7(14-2)4-9(11(12)13)8(6)5-10/h3-4H,1-2H3. The molecule has 0 amide bonds. The van der Waals surface area contributed by atoms with Gasteiger partial charge in [-0.1, -0.05) is 0 Å². The zero-order valence-corrected chi connectivity index (χ0v) is 7.77. The minimum atomic E-state index is -0.589. The summed E-state index contributed by atoms with van der Waals surface area (Å²) in [7, 11) is 1.42. The van der Waals surface area contributed by atoms with Crippen LogP contribution in [0.25, 0.3) is 0 Å². The second-order valence-corrected chi connectivity index (χ2v) is 2.71. The van der Waals surface area contributed by atoms with E-state index in [0.29, 0.717) is 11.3 Å². The molecule has 0 bridgehead atoms. The molecule has 14 heavy (non-hydrogen) atoms. The van der Waals surface area contributed by atoms with Crippen molar-refractivity contribution >= 4 is 5.69 Å². The van der Waals surface area contributed by atoms with Crippen LogP contribution in [0.1, 0.15) is 11.1 Å². The van der Waals surface area contributed by atoms with Gasteiger partial charge in [0.15, 0.2) is 0 Å². The molecule has 0 heterocycles. The van der Waals surface area contributed by atoms with E-state index in [4.69, 9.17) is 10.00 Å². The molecule has 72 valence electrons. The Bertz CT molecular complexity index is 421. The zero-order valence-electron chi connectivity index (χ0n) is 7.77. The lowest BCUT2D eigenvalue weighted by atomic mass is 10.1. The molecular weight excluding hydrogens is 184 g/mol. The van der Waals surface area contributed by atoms with E-state index in [2.05, 4.69) is 0 Å². The molecule has 0 spiro atoms. The van der Waals surface area contributed by atoms with E-state index in [-0.39, 0.29) is 11.3 Å². The maximum absolute atomic E-state index is 10.6. The Kier molecular flexibility index (Phi) is 2.67. The van der Waals surface area contributed by atoms with E-state index >= 15 is 0 Å². The molecule has 0 radical (unpaired) electrons. The molecule has 1 rings (SSSR count). The van der Waals surface area contributed by atoms with E-state index in [0.717, 1.165) is 0 Å². The average molecular weight is 192 g/mol. The van der Waals surface area contributed by atoms with Crippen LogP contribution in [0.5, 0.6) is 5.75 Å². The number of methoxy groups -OCH3 is 1. The van der Waals surface area contributed by atoms with Gasteiger partial charge in [0.1, 0.15) is 17.4 Å². The number of hydrogen-bond acceptors (Lipinski definition) is 4. The highest BCUT2D eigenvalue weighted by Crippen LogP contribution is 2.27. The Balaban J connectivity index is 3.45. The van der Waals surface area contributed by atoms with Crippen LogP contribution in [-0.2, 0) is 0 Å². The van der Waals surface area contributed by atoms with Gasteiger partial charge < -0.3 is 4.74 Å². The van der Waals surface area contributed by atoms with Gasteiger partial charge in [0, 0.05) is 0 Å². The maximum atomic E-state index is 10.6. The molecule has 0 N–H and O–H groups in total. The predicted octanol–water partition coefficient (Wildman–Crippen LogP) is 1.78. The summed E-state index contributed by atoms with van der Waals surface area (Å²) in [4.78, 5) is 10.0. The molecule has 0 aliphatic carbocycles. The minimum absolute atomic E-state index is 0.0794. The molecule has 0 aliphatic heterocycles. The summed E-state index contributed by atoms with van der Waals surface area (Å²) < 4.78 is 4.87. The highest BCUT2D eigenvalue weighted by molar-refractivity contribution is 5.56. The molecule has 1 aromatic rings. The number of rotatable bonds is 2. The van der Waals surface area contributed by atoms with E-state index in [9.17, 15) is 10.1 Å². The lowest BCUT2D eigenvalue weighted by Crippen LogP contribution is -1.96. The minimum Gasteiger partial charge on any atom is -0.496 e. The molecule has 0 saturated carbocycles. The van der Waals surface area contributed by atoms with Crippen molar-refractivity contribution in [3.63, 3.8) is 0 Å². The topological polar surface area (TPSA) is 76.2 Å². The Morgan fingerprint density at radius 1 is 1.57 bits per heavy atom. The van der Waals surface area contributed by atoms with Crippen molar-refractivity contribution in [1.29, 1.82) is 5.26 Å². The largest absolute Gasteiger partial charge is 0.496 e. The Labute approximate surface area is 80.7 Å². The molecule has 5 nitrogen and oxygen atoms in total. The summed E-state index contributed by atoms with van der Waals surface area (Å²) in [6.45, 7) is 1.63. The van der Waals surface area contributed by atoms with Crippen molar-refractivity contribution in [2.24, 2.45) is 0 Å². The van der Waals surface area contributed by atoms with Crippen molar-refractivity contribution in [3.8, 4) is 11.8 Å². The van der Waals surface area contributed by atoms with Gasteiger partial charge in [-0.05, 0) is 18.6 Å². The van der Waals surface area contributed by atoms with Crippen LogP contribution in [0.3, 0.4) is 0 Å². The smallest absolute Gasteiger partial charge is 0.291 e. The lowest BCUT2D eigenvalue weighted by molar-refractivity contribution is -0.385. The third-order valence-corrected chi connectivity index (χ3v) is 1.83. The van der Waals surface area contributed by atoms with Gasteiger partial charge >= 0.3 is 0 Å². The van der Waals surface area contributed by atoms with Crippen LogP contribution >= 0.6 is 0 Å². The van der Waals surface area contributed by atoms with Gasteiger partial charge in [-0.3, -0.25) is 10.1 Å². The van der Waals surface area contributed by atoms with Crippen molar-refractivity contribution in [3.05, 3.63) is 33.4 Å². The highest BCUT2D eigenvalue weighted by atomic mass is 16.6. The Hall–Kier alpha value is -2.09. The van der Waals surface area contributed by atoms with Gasteiger partial charge in [-0.2, -0.15) is 5.26 Å². The van der Waals surface area contributed by atoms with Crippen LogP contribution in [-0.4, -0.2) is 12.0 Å². The predicted molar refractivity (Wildman–Crippen MR) is 49.1 cm³/mol. The SMILES string of the molecule is COc1cc(C)c(C#N)c([N+](=O)[O-])c1. The summed E-state index contributed by atoms with van der Waals surface area (Å²) in [6.07, 6.45) is 0. The Morgan fingerprint density at radius 3 is 2.64 bits per heavy atom. The van der Waals surface area contributed by atoms with Crippen molar-refractivity contribution < 1.29 is 9.66 Å². The molecule has 0 aliphatic rings. The fraction of sp³-hybridized carbons (Fsp3) is 0.222. The second-order valence-electron chi connectivity index (χ2n) is 2.71. The van der Waals surface area contributed by atoms with Gasteiger partial charge in [0.25, 0.3) is 5.69 Å². The number of ether oxygens (including phenoxy) is 1. The molecule has 0 saturated heterocycles.